The van der Waals surface area contributed by atoms with Crippen molar-refractivity contribution in [3.8, 4) is 5.75 Å². The minimum atomic E-state index is -2.99. The number of rotatable bonds is 6. The van der Waals surface area contributed by atoms with E-state index in [2.05, 4.69) is 15.4 Å². The van der Waals surface area contributed by atoms with Crippen LogP contribution in [0.25, 0.3) is 0 Å². The summed E-state index contributed by atoms with van der Waals surface area (Å²) in [6.07, 6.45) is 0. The average molecular weight is 379 g/mol. The zero-order chi connectivity index (χ0) is 17.7. The molecule has 0 bridgehead atoms. The molecule has 0 saturated heterocycles. The van der Waals surface area contributed by atoms with Crippen molar-refractivity contribution in [1.29, 1.82) is 0 Å². The van der Waals surface area contributed by atoms with Gasteiger partial charge in [-0.1, -0.05) is 23.2 Å². The van der Waals surface area contributed by atoms with Crippen LogP contribution >= 0.6 is 23.2 Å². The van der Waals surface area contributed by atoms with E-state index in [-0.39, 0.29) is 22.3 Å². The van der Waals surface area contributed by atoms with E-state index in [1.165, 1.54) is 36.4 Å². The number of nitrogens with one attached hydrogen (secondary N) is 2. The van der Waals surface area contributed by atoms with E-state index < -0.39 is 18.3 Å². The fourth-order valence-corrected chi connectivity index (χ4v) is 2.17. The van der Waals surface area contributed by atoms with Crippen molar-refractivity contribution in [1.82, 2.24) is 0 Å². The van der Waals surface area contributed by atoms with Crippen LogP contribution in [0, 0.1) is 5.82 Å². The summed E-state index contributed by atoms with van der Waals surface area (Å²) in [5, 5.41) is 5.16. The first kappa shape index (κ1) is 18.2. The van der Waals surface area contributed by atoms with E-state index in [0.29, 0.717) is 11.4 Å². The van der Waals surface area contributed by atoms with Gasteiger partial charge in [0.25, 0.3) is 0 Å². The Bertz CT molecular complexity index is 745. The van der Waals surface area contributed by atoms with Crippen LogP contribution in [0.3, 0.4) is 0 Å². The van der Waals surface area contributed by atoms with Crippen LogP contribution in [0.2, 0.25) is 10.0 Å². The standard InChI is InChI=1S/C15H11Cl2F3N2O2/c16-10-5-8(1-3-12(10)18)21-7-14(23)22-9-2-4-13(11(17)6-9)24-15(19)20/h1-6,15,21H,7H2,(H,22,23). The highest BCUT2D eigenvalue weighted by atomic mass is 35.5. The summed E-state index contributed by atoms with van der Waals surface area (Å²) in [5.74, 6) is -1.18. The monoisotopic (exact) mass is 378 g/mol. The summed E-state index contributed by atoms with van der Waals surface area (Å²) in [5.41, 5.74) is 0.779. The fourth-order valence-electron chi connectivity index (χ4n) is 1.76. The lowest BCUT2D eigenvalue weighted by Gasteiger charge is -2.10. The number of ether oxygens (including phenoxy) is 1. The molecule has 0 heterocycles. The molecule has 0 aliphatic rings. The molecule has 2 aromatic rings. The van der Waals surface area contributed by atoms with Crippen molar-refractivity contribution in [2.45, 2.75) is 6.61 Å². The van der Waals surface area contributed by atoms with E-state index in [4.69, 9.17) is 23.2 Å². The molecule has 0 fully saturated rings. The van der Waals surface area contributed by atoms with Crippen LogP contribution in [-0.4, -0.2) is 19.1 Å². The molecule has 0 aliphatic carbocycles. The van der Waals surface area contributed by atoms with Gasteiger partial charge in [-0.05, 0) is 36.4 Å². The smallest absolute Gasteiger partial charge is 0.387 e. The van der Waals surface area contributed by atoms with Crippen molar-refractivity contribution in [2.24, 2.45) is 0 Å². The van der Waals surface area contributed by atoms with Crippen LogP contribution in [0.1, 0.15) is 0 Å². The summed E-state index contributed by atoms with van der Waals surface area (Å²) in [6.45, 7) is -3.11. The number of halogens is 5. The minimum absolute atomic E-state index is 0.0635. The third-order valence-corrected chi connectivity index (χ3v) is 3.39. The Morgan fingerprint density at radius 2 is 1.75 bits per heavy atom. The van der Waals surface area contributed by atoms with Crippen LogP contribution in [0.15, 0.2) is 36.4 Å². The third-order valence-electron chi connectivity index (χ3n) is 2.80. The fraction of sp³-hybridized carbons (Fsp3) is 0.133. The molecule has 4 nitrogen and oxygen atoms in total. The molecule has 0 aliphatic heterocycles. The Morgan fingerprint density at radius 1 is 1.08 bits per heavy atom. The molecule has 0 unspecified atom stereocenters. The zero-order valence-corrected chi connectivity index (χ0v) is 13.5. The minimum Gasteiger partial charge on any atom is -0.433 e. The number of carbonyl (C=O) groups excluding carboxylic acids is 1. The summed E-state index contributed by atoms with van der Waals surface area (Å²) in [7, 11) is 0. The highest BCUT2D eigenvalue weighted by Gasteiger charge is 2.10. The van der Waals surface area contributed by atoms with Gasteiger partial charge in [0.15, 0.2) is 0 Å². The highest BCUT2D eigenvalue weighted by Crippen LogP contribution is 2.29. The van der Waals surface area contributed by atoms with Crippen molar-refractivity contribution in [2.75, 3.05) is 17.2 Å². The van der Waals surface area contributed by atoms with Crippen LogP contribution < -0.4 is 15.4 Å². The predicted octanol–water partition coefficient (Wildman–Crippen LogP) is 4.78. The molecule has 0 spiro atoms. The van der Waals surface area contributed by atoms with Gasteiger partial charge in [0.1, 0.15) is 11.6 Å². The molecule has 2 aromatic carbocycles. The van der Waals surface area contributed by atoms with Crippen molar-refractivity contribution in [3.05, 3.63) is 52.3 Å². The Morgan fingerprint density at radius 3 is 2.38 bits per heavy atom. The first-order valence-electron chi connectivity index (χ1n) is 6.58. The van der Waals surface area contributed by atoms with Gasteiger partial charge in [0.05, 0.1) is 16.6 Å². The van der Waals surface area contributed by atoms with Gasteiger partial charge in [-0.25, -0.2) is 4.39 Å². The van der Waals surface area contributed by atoms with Gasteiger partial charge in [-0.15, -0.1) is 0 Å². The summed E-state index contributed by atoms with van der Waals surface area (Å²) < 4.78 is 41.5. The Labute approximate surface area is 145 Å². The van der Waals surface area contributed by atoms with Gasteiger partial charge >= 0.3 is 6.61 Å². The molecule has 2 rings (SSSR count). The van der Waals surface area contributed by atoms with Gasteiger partial charge in [0.2, 0.25) is 5.91 Å². The molecule has 0 atom stereocenters. The maximum Gasteiger partial charge on any atom is 0.387 e. The molecular weight excluding hydrogens is 368 g/mol. The highest BCUT2D eigenvalue weighted by molar-refractivity contribution is 6.32. The number of benzene rings is 2. The number of carbonyl (C=O) groups is 1. The van der Waals surface area contributed by atoms with Crippen molar-refractivity contribution in [3.63, 3.8) is 0 Å². The maximum atomic E-state index is 13.0. The third kappa shape index (κ3) is 5.21. The number of hydrogen-bond acceptors (Lipinski definition) is 3. The normalized spacial score (nSPS) is 10.6. The predicted molar refractivity (Wildman–Crippen MR) is 86.6 cm³/mol. The largest absolute Gasteiger partial charge is 0.433 e. The summed E-state index contributed by atoms with van der Waals surface area (Å²) in [4.78, 5) is 11.8. The quantitative estimate of drug-likeness (QED) is 0.759. The molecule has 128 valence electrons. The second-order valence-corrected chi connectivity index (χ2v) is 5.37. The number of amides is 1. The number of hydrogen-bond donors (Lipinski definition) is 2. The van der Waals surface area contributed by atoms with Crippen LogP contribution in [-0.2, 0) is 4.79 Å². The van der Waals surface area contributed by atoms with E-state index >= 15 is 0 Å². The molecule has 2 N–H and O–H groups in total. The van der Waals surface area contributed by atoms with E-state index in [9.17, 15) is 18.0 Å². The first-order valence-corrected chi connectivity index (χ1v) is 7.34. The van der Waals surface area contributed by atoms with E-state index in [1.54, 1.807) is 0 Å². The lowest BCUT2D eigenvalue weighted by atomic mass is 10.3. The van der Waals surface area contributed by atoms with Gasteiger partial charge in [-0.3, -0.25) is 4.79 Å². The SMILES string of the molecule is O=C(CNc1ccc(F)c(Cl)c1)Nc1ccc(OC(F)F)c(Cl)c1. The molecule has 24 heavy (non-hydrogen) atoms. The second-order valence-electron chi connectivity index (χ2n) is 4.55. The summed E-state index contributed by atoms with van der Waals surface area (Å²) >= 11 is 11.4. The van der Waals surface area contributed by atoms with Crippen molar-refractivity contribution < 1.29 is 22.7 Å². The Hall–Kier alpha value is -2.12. The lowest BCUT2D eigenvalue weighted by Crippen LogP contribution is -2.21. The topological polar surface area (TPSA) is 50.4 Å². The van der Waals surface area contributed by atoms with Gasteiger partial charge in [0, 0.05) is 11.4 Å². The molecule has 0 radical (unpaired) electrons. The molecule has 9 heteroatoms. The second kappa shape index (κ2) is 8.12. The number of alkyl halides is 2. The maximum absolute atomic E-state index is 13.0. The van der Waals surface area contributed by atoms with E-state index in [0.717, 1.165) is 0 Å². The van der Waals surface area contributed by atoms with Crippen LogP contribution in [0.4, 0.5) is 24.5 Å². The van der Waals surface area contributed by atoms with E-state index in [1.807, 2.05) is 0 Å². The lowest BCUT2D eigenvalue weighted by molar-refractivity contribution is -0.114. The first-order chi connectivity index (χ1) is 11.3. The Balaban J connectivity index is 1.92. The Kier molecular flexibility index (Phi) is 6.16. The molecular formula is C15H11Cl2F3N2O2. The molecule has 0 saturated carbocycles. The average Bonchev–Trinajstić information content (AvgIpc) is 2.51. The summed E-state index contributed by atoms with van der Waals surface area (Å²) in [6, 6.07) is 7.82. The number of anilines is 2. The van der Waals surface area contributed by atoms with Gasteiger partial charge < -0.3 is 15.4 Å². The van der Waals surface area contributed by atoms with Gasteiger partial charge in [-0.2, -0.15) is 8.78 Å². The zero-order valence-electron chi connectivity index (χ0n) is 12.0. The molecule has 0 aromatic heterocycles. The molecule has 1 amide bonds. The van der Waals surface area contributed by atoms with Crippen molar-refractivity contribution >= 4 is 40.5 Å². The van der Waals surface area contributed by atoms with Crippen LogP contribution in [0.5, 0.6) is 5.75 Å².